The van der Waals surface area contributed by atoms with Gasteiger partial charge >= 0.3 is 0 Å². The van der Waals surface area contributed by atoms with Crippen molar-refractivity contribution in [2.75, 3.05) is 13.1 Å². The van der Waals surface area contributed by atoms with E-state index in [0.717, 1.165) is 24.9 Å². The predicted octanol–water partition coefficient (Wildman–Crippen LogP) is 5.55. The average molecular weight is 413 g/mol. The van der Waals surface area contributed by atoms with Crippen LogP contribution in [0.4, 0.5) is 0 Å². The normalized spacial score (nSPS) is 10.8. The number of thiocarbonyl (C=S) groups is 1. The molecule has 0 aliphatic rings. The molecule has 0 heterocycles. The van der Waals surface area contributed by atoms with Crippen LogP contribution >= 0.6 is 12.2 Å². The van der Waals surface area contributed by atoms with E-state index in [1.165, 1.54) is 51.4 Å². The van der Waals surface area contributed by atoms with Gasteiger partial charge in [-0.05, 0) is 24.7 Å². The third kappa shape index (κ3) is 17.0. The summed E-state index contributed by atoms with van der Waals surface area (Å²) in [4.78, 5) is 2.23. The Kier molecular flexibility index (Phi) is 18.0. The van der Waals surface area contributed by atoms with E-state index >= 15 is 0 Å². The van der Waals surface area contributed by atoms with Crippen LogP contribution in [0.25, 0.3) is 0 Å². The zero-order valence-corrected chi connectivity index (χ0v) is 18.0. The summed E-state index contributed by atoms with van der Waals surface area (Å²) in [5, 5.41) is 0. The largest absolute Gasteiger partial charge is 0.411 e. The zero-order valence-electron chi connectivity index (χ0n) is 14.4. The van der Waals surface area contributed by atoms with Crippen LogP contribution in [0.2, 0.25) is 0 Å². The van der Waals surface area contributed by atoms with Crippen LogP contribution in [0.5, 0.6) is 0 Å². The number of hydrogen-bond donors (Lipinski definition) is 0. The van der Waals surface area contributed by atoms with Gasteiger partial charge < -0.3 is 29.7 Å². The average Bonchev–Trinajstić information content (AvgIpc) is 2.34. The van der Waals surface area contributed by atoms with Gasteiger partial charge in [0.25, 0.3) is 0 Å². The first-order chi connectivity index (χ1) is 9.43. The number of hydrogen-bond acceptors (Lipinski definition) is 2. The molecule has 0 amide bonds. The Morgan fingerprint density at radius 3 is 1.48 bits per heavy atom. The molecule has 1 nitrogen and oxygen atoms in total. The number of rotatable bonds is 12. The zero-order chi connectivity index (χ0) is 15.4. The molecule has 21 heavy (non-hydrogen) atoms. The molecule has 0 aliphatic heterocycles. The van der Waals surface area contributed by atoms with Crippen LogP contribution in [-0.4, -0.2) is 22.3 Å². The maximum atomic E-state index is 5.20. The molecule has 126 valence electrons. The second-order valence-corrected chi connectivity index (χ2v) is 7.77. The Bertz CT molecular complexity index is 227. The summed E-state index contributed by atoms with van der Waals surface area (Å²) in [6.45, 7) is 11.3. The minimum absolute atomic E-state index is 0. The second-order valence-electron chi connectivity index (χ2n) is 6.74. The molecular formula is C17H34MoNS2-. The summed E-state index contributed by atoms with van der Waals surface area (Å²) in [7, 11) is 0. The van der Waals surface area contributed by atoms with Gasteiger partial charge in [0.15, 0.2) is 0 Å². The third-order valence-electron chi connectivity index (χ3n) is 3.68. The molecule has 0 bridgehead atoms. The predicted molar refractivity (Wildman–Crippen MR) is 98.1 cm³/mol. The molecule has 0 unspecified atom stereocenters. The van der Waals surface area contributed by atoms with E-state index < -0.39 is 0 Å². The number of nitrogens with zero attached hydrogens (tertiary/aromatic N) is 1. The van der Waals surface area contributed by atoms with Gasteiger partial charge in [0.1, 0.15) is 0 Å². The van der Waals surface area contributed by atoms with Gasteiger partial charge in [-0.2, -0.15) is 0 Å². The first-order valence-electron chi connectivity index (χ1n) is 8.39. The van der Waals surface area contributed by atoms with E-state index in [1.807, 2.05) is 0 Å². The first-order valence-corrected chi connectivity index (χ1v) is 9.21. The Balaban J connectivity index is 0. The smallest absolute Gasteiger partial charge is 0.0162 e. The van der Waals surface area contributed by atoms with Gasteiger partial charge in [-0.3, -0.25) is 0 Å². The molecule has 0 aromatic carbocycles. The van der Waals surface area contributed by atoms with Crippen molar-refractivity contribution in [1.29, 1.82) is 0 Å². The second kappa shape index (κ2) is 15.7. The Hall–Kier alpha value is 0.798. The molecule has 0 rings (SSSR count). The van der Waals surface area contributed by atoms with Crippen LogP contribution < -0.4 is 0 Å². The summed E-state index contributed by atoms with van der Waals surface area (Å²) >= 11 is 10.4. The van der Waals surface area contributed by atoms with Crippen LogP contribution in [0, 0.1) is 11.8 Å². The van der Waals surface area contributed by atoms with E-state index in [9.17, 15) is 0 Å². The van der Waals surface area contributed by atoms with Crippen molar-refractivity contribution < 1.29 is 21.1 Å². The van der Waals surface area contributed by atoms with Crippen molar-refractivity contribution in [3.8, 4) is 0 Å². The van der Waals surface area contributed by atoms with Gasteiger partial charge in [0.2, 0.25) is 0 Å². The van der Waals surface area contributed by atoms with Crippen LogP contribution in [-0.2, 0) is 33.7 Å². The van der Waals surface area contributed by atoms with Gasteiger partial charge in [-0.1, -0.05) is 70.5 Å². The molecular weight excluding hydrogens is 378 g/mol. The topological polar surface area (TPSA) is 3.24 Å². The van der Waals surface area contributed by atoms with E-state index in [0.29, 0.717) is 4.32 Å². The molecule has 0 aromatic heterocycles. The van der Waals surface area contributed by atoms with Crippen molar-refractivity contribution in [3.63, 3.8) is 0 Å². The minimum Gasteiger partial charge on any atom is -0.411 e. The Morgan fingerprint density at radius 1 is 0.810 bits per heavy atom. The van der Waals surface area contributed by atoms with Crippen molar-refractivity contribution in [1.82, 2.24) is 4.90 Å². The standard InChI is InChI=1S/C17H35NS2.Mo/c1-15(2)11-7-5-9-13-18(17(19)20)14-10-6-8-12-16(3)4;/h15-16H,5-14H2,1-4H3,(H,19,20);/p-1. The van der Waals surface area contributed by atoms with Gasteiger partial charge in [0.05, 0.1) is 0 Å². The van der Waals surface area contributed by atoms with E-state index in [1.54, 1.807) is 0 Å². The van der Waals surface area contributed by atoms with E-state index in [2.05, 4.69) is 32.6 Å². The molecule has 0 saturated heterocycles. The van der Waals surface area contributed by atoms with Crippen molar-refractivity contribution in [2.24, 2.45) is 11.8 Å². The van der Waals surface area contributed by atoms with Gasteiger partial charge in [-0.25, -0.2) is 0 Å². The fourth-order valence-corrected chi connectivity index (χ4v) is 2.72. The maximum Gasteiger partial charge on any atom is 0.0162 e. The summed E-state index contributed by atoms with van der Waals surface area (Å²) in [6.07, 6.45) is 10.4. The first kappa shape index (κ1) is 24.1. The van der Waals surface area contributed by atoms with E-state index in [-0.39, 0.29) is 21.1 Å². The summed E-state index contributed by atoms with van der Waals surface area (Å²) in [5.74, 6) is 1.65. The summed E-state index contributed by atoms with van der Waals surface area (Å²) in [6, 6.07) is 0. The minimum atomic E-state index is 0. The monoisotopic (exact) mass is 414 g/mol. The van der Waals surface area contributed by atoms with Crippen molar-refractivity contribution in [3.05, 3.63) is 0 Å². The molecule has 0 radical (unpaired) electrons. The van der Waals surface area contributed by atoms with E-state index in [4.69, 9.17) is 24.8 Å². The molecule has 0 saturated carbocycles. The van der Waals surface area contributed by atoms with Gasteiger partial charge in [-0.15, -0.1) is 0 Å². The summed E-state index contributed by atoms with van der Waals surface area (Å²) in [5.41, 5.74) is 0. The fraction of sp³-hybridized carbons (Fsp3) is 0.941. The Morgan fingerprint density at radius 2 is 1.19 bits per heavy atom. The molecule has 0 N–H and O–H groups in total. The molecule has 0 fully saturated rings. The Labute approximate surface area is 158 Å². The van der Waals surface area contributed by atoms with Crippen LogP contribution in [0.3, 0.4) is 0 Å². The number of unbranched alkanes of at least 4 members (excludes halogenated alkanes) is 4. The molecule has 0 atom stereocenters. The third-order valence-corrected chi connectivity index (χ3v) is 4.19. The van der Waals surface area contributed by atoms with Crippen molar-refractivity contribution in [2.45, 2.75) is 79.1 Å². The fourth-order valence-electron chi connectivity index (χ4n) is 2.36. The maximum absolute atomic E-state index is 5.20. The van der Waals surface area contributed by atoms with Crippen LogP contribution in [0.1, 0.15) is 79.1 Å². The quantitative estimate of drug-likeness (QED) is 0.179. The molecule has 0 aromatic rings. The van der Waals surface area contributed by atoms with Crippen LogP contribution in [0.15, 0.2) is 0 Å². The molecule has 0 aliphatic carbocycles. The summed E-state index contributed by atoms with van der Waals surface area (Å²) < 4.78 is 0.665. The molecule has 4 heteroatoms. The van der Waals surface area contributed by atoms with Crippen molar-refractivity contribution >= 4 is 29.2 Å². The van der Waals surface area contributed by atoms with Gasteiger partial charge in [0, 0.05) is 34.2 Å². The molecule has 0 spiro atoms. The SMILES string of the molecule is CC(C)CCCCCN(CCCCCC(C)C)C(=S)[S-].[Mo].